The highest BCUT2D eigenvalue weighted by Gasteiger charge is 1.98. The van der Waals surface area contributed by atoms with Crippen LogP contribution in [0, 0.1) is 0 Å². The summed E-state index contributed by atoms with van der Waals surface area (Å²) < 4.78 is 5.19. The van der Waals surface area contributed by atoms with Crippen molar-refractivity contribution in [3.05, 3.63) is 24.4 Å². The number of aliphatic hydroxyl groups excluding tert-OH is 1. The monoisotopic (exact) mass is 153 g/mol. The van der Waals surface area contributed by atoms with E-state index in [9.17, 15) is 0 Å². The normalized spacial score (nSPS) is 9.91. The van der Waals surface area contributed by atoms with E-state index >= 15 is 0 Å². The number of rotatable bonds is 4. The summed E-state index contributed by atoms with van der Waals surface area (Å²) >= 11 is 0. The quantitative estimate of drug-likeness (QED) is 0.707. The van der Waals surface area contributed by atoms with Crippen LogP contribution < -0.4 is 0 Å². The van der Waals surface area contributed by atoms with Crippen molar-refractivity contribution >= 4 is 6.08 Å². The second-order valence-corrected chi connectivity index (χ2v) is 2.20. The van der Waals surface area contributed by atoms with Gasteiger partial charge in [0.2, 0.25) is 5.89 Å². The largest absolute Gasteiger partial charge is 0.442 e. The van der Waals surface area contributed by atoms with Gasteiger partial charge in [-0.15, -0.1) is 0 Å². The van der Waals surface area contributed by atoms with E-state index < -0.39 is 0 Å². The Morgan fingerprint density at radius 2 is 2.55 bits per heavy atom. The number of aromatic nitrogens is 1. The van der Waals surface area contributed by atoms with E-state index in [1.165, 1.54) is 0 Å². The average Bonchev–Trinajstić information content (AvgIpc) is 2.48. The Hall–Kier alpha value is -1.09. The van der Waals surface area contributed by atoms with Crippen molar-refractivity contribution in [2.45, 2.75) is 12.8 Å². The Balaban J connectivity index is 2.51. The lowest BCUT2D eigenvalue weighted by Crippen LogP contribution is -1.86. The summed E-state index contributed by atoms with van der Waals surface area (Å²) in [4.78, 5) is 3.92. The lowest BCUT2D eigenvalue weighted by molar-refractivity contribution is 0.284. The molecule has 0 aliphatic rings. The standard InChI is InChI=1S/C8H11NO2/c1-2-8-9-6-7(11-8)4-3-5-10/h2,6,10H,1,3-5H2. The Labute approximate surface area is 65.4 Å². The van der Waals surface area contributed by atoms with Gasteiger partial charge in [-0.1, -0.05) is 6.58 Å². The fraction of sp³-hybridized carbons (Fsp3) is 0.375. The maximum Gasteiger partial charge on any atom is 0.218 e. The molecule has 1 aromatic rings. The van der Waals surface area contributed by atoms with Crippen LogP contribution in [-0.2, 0) is 6.42 Å². The maximum atomic E-state index is 8.51. The van der Waals surface area contributed by atoms with Gasteiger partial charge in [-0.25, -0.2) is 4.98 Å². The molecule has 0 amide bonds. The van der Waals surface area contributed by atoms with Gasteiger partial charge in [0.25, 0.3) is 0 Å². The highest BCUT2D eigenvalue weighted by Crippen LogP contribution is 2.06. The SMILES string of the molecule is C=Cc1ncc(CCCO)o1. The number of nitrogens with zero attached hydrogens (tertiary/aromatic N) is 1. The summed E-state index contributed by atoms with van der Waals surface area (Å²) in [5.74, 6) is 1.34. The van der Waals surface area contributed by atoms with Gasteiger partial charge in [-0.05, 0) is 12.5 Å². The van der Waals surface area contributed by atoms with E-state index in [2.05, 4.69) is 11.6 Å². The molecular weight excluding hydrogens is 142 g/mol. The molecule has 0 fully saturated rings. The Morgan fingerprint density at radius 1 is 1.73 bits per heavy atom. The molecule has 0 atom stereocenters. The maximum absolute atomic E-state index is 8.51. The highest BCUT2D eigenvalue weighted by molar-refractivity contribution is 5.33. The number of hydrogen-bond donors (Lipinski definition) is 1. The molecule has 0 aliphatic heterocycles. The van der Waals surface area contributed by atoms with Gasteiger partial charge in [0.05, 0.1) is 6.20 Å². The van der Waals surface area contributed by atoms with Crippen LogP contribution in [-0.4, -0.2) is 16.7 Å². The van der Waals surface area contributed by atoms with Crippen molar-refractivity contribution in [3.8, 4) is 0 Å². The van der Waals surface area contributed by atoms with E-state index in [1.807, 2.05) is 0 Å². The molecule has 3 heteroatoms. The van der Waals surface area contributed by atoms with Crippen LogP contribution in [0.2, 0.25) is 0 Å². The molecule has 1 aromatic heterocycles. The van der Waals surface area contributed by atoms with Crippen molar-refractivity contribution in [2.75, 3.05) is 6.61 Å². The summed E-state index contributed by atoms with van der Waals surface area (Å²) in [6.07, 6.45) is 4.66. The minimum Gasteiger partial charge on any atom is -0.442 e. The predicted molar refractivity (Wildman–Crippen MR) is 42.0 cm³/mol. The third kappa shape index (κ3) is 2.20. The minimum atomic E-state index is 0.185. The first-order valence-electron chi connectivity index (χ1n) is 3.55. The summed E-state index contributed by atoms with van der Waals surface area (Å²) in [5.41, 5.74) is 0. The van der Waals surface area contributed by atoms with Crippen LogP contribution in [0.15, 0.2) is 17.2 Å². The number of oxazole rings is 1. The summed E-state index contributed by atoms with van der Waals surface area (Å²) in [6, 6.07) is 0. The molecule has 11 heavy (non-hydrogen) atoms. The molecule has 1 N–H and O–H groups in total. The fourth-order valence-corrected chi connectivity index (χ4v) is 0.786. The zero-order chi connectivity index (χ0) is 8.10. The van der Waals surface area contributed by atoms with Crippen LogP contribution in [0.4, 0.5) is 0 Å². The molecule has 0 bridgehead atoms. The van der Waals surface area contributed by atoms with E-state index in [0.29, 0.717) is 12.3 Å². The fourth-order valence-electron chi connectivity index (χ4n) is 0.786. The molecule has 0 saturated carbocycles. The predicted octanol–water partition coefficient (Wildman–Crippen LogP) is 1.24. The van der Waals surface area contributed by atoms with Crippen molar-refractivity contribution in [3.63, 3.8) is 0 Å². The van der Waals surface area contributed by atoms with Gasteiger partial charge < -0.3 is 9.52 Å². The van der Waals surface area contributed by atoms with E-state index in [0.717, 1.165) is 12.2 Å². The molecule has 0 unspecified atom stereocenters. The smallest absolute Gasteiger partial charge is 0.218 e. The van der Waals surface area contributed by atoms with Crippen LogP contribution in [0.5, 0.6) is 0 Å². The van der Waals surface area contributed by atoms with Crippen LogP contribution >= 0.6 is 0 Å². The molecule has 60 valence electrons. The topological polar surface area (TPSA) is 46.3 Å². The second kappa shape index (κ2) is 3.93. The van der Waals surface area contributed by atoms with Crippen molar-refractivity contribution in [1.82, 2.24) is 4.98 Å². The average molecular weight is 153 g/mol. The Morgan fingerprint density at radius 3 is 3.09 bits per heavy atom. The number of hydrogen-bond acceptors (Lipinski definition) is 3. The second-order valence-electron chi connectivity index (χ2n) is 2.20. The van der Waals surface area contributed by atoms with Gasteiger partial charge >= 0.3 is 0 Å². The zero-order valence-corrected chi connectivity index (χ0v) is 6.29. The molecule has 0 aliphatic carbocycles. The first-order chi connectivity index (χ1) is 5.36. The summed E-state index contributed by atoms with van der Waals surface area (Å²) in [7, 11) is 0. The first-order valence-corrected chi connectivity index (χ1v) is 3.55. The van der Waals surface area contributed by atoms with E-state index in [4.69, 9.17) is 9.52 Å². The zero-order valence-electron chi connectivity index (χ0n) is 6.29. The molecule has 0 aromatic carbocycles. The third-order valence-electron chi connectivity index (χ3n) is 1.33. The molecule has 0 radical (unpaired) electrons. The molecule has 0 saturated heterocycles. The Kier molecular flexibility index (Phi) is 2.86. The minimum absolute atomic E-state index is 0.185. The molecule has 1 rings (SSSR count). The van der Waals surface area contributed by atoms with E-state index in [1.54, 1.807) is 12.3 Å². The lowest BCUT2D eigenvalue weighted by Gasteiger charge is -1.89. The van der Waals surface area contributed by atoms with Gasteiger partial charge in [0.15, 0.2) is 0 Å². The van der Waals surface area contributed by atoms with Crippen molar-refractivity contribution in [2.24, 2.45) is 0 Å². The molecule has 3 nitrogen and oxygen atoms in total. The van der Waals surface area contributed by atoms with Crippen LogP contribution in [0.1, 0.15) is 18.1 Å². The van der Waals surface area contributed by atoms with Gasteiger partial charge in [-0.3, -0.25) is 0 Å². The molecule has 0 spiro atoms. The van der Waals surface area contributed by atoms with Crippen LogP contribution in [0.25, 0.3) is 6.08 Å². The molecule has 1 heterocycles. The number of aliphatic hydroxyl groups is 1. The van der Waals surface area contributed by atoms with Gasteiger partial charge in [0, 0.05) is 13.0 Å². The van der Waals surface area contributed by atoms with Crippen LogP contribution in [0.3, 0.4) is 0 Å². The lowest BCUT2D eigenvalue weighted by atomic mass is 10.3. The summed E-state index contributed by atoms with van der Waals surface area (Å²) in [5, 5.41) is 8.51. The van der Waals surface area contributed by atoms with Gasteiger partial charge in [-0.2, -0.15) is 0 Å². The van der Waals surface area contributed by atoms with Crippen molar-refractivity contribution < 1.29 is 9.52 Å². The number of aryl methyl sites for hydroxylation is 1. The van der Waals surface area contributed by atoms with Crippen molar-refractivity contribution in [1.29, 1.82) is 0 Å². The van der Waals surface area contributed by atoms with E-state index in [-0.39, 0.29) is 6.61 Å². The first kappa shape index (κ1) is 8.01. The third-order valence-corrected chi connectivity index (χ3v) is 1.33. The summed E-state index contributed by atoms with van der Waals surface area (Å²) in [6.45, 7) is 3.70. The van der Waals surface area contributed by atoms with Gasteiger partial charge in [0.1, 0.15) is 5.76 Å². The molecular formula is C8H11NO2. The Bertz CT molecular complexity index is 230. The highest BCUT2D eigenvalue weighted by atomic mass is 16.4.